The molecule has 0 aromatic carbocycles. The van der Waals surface area contributed by atoms with Gasteiger partial charge in [-0.25, -0.2) is 0 Å². The highest BCUT2D eigenvalue weighted by molar-refractivity contribution is 5.84. The maximum absolute atomic E-state index is 12.8. The molecule has 1 amide bonds. The molecule has 2 rings (SSSR count). The molecule has 0 bridgehead atoms. The Labute approximate surface area is 121 Å². The molecule has 1 aromatic heterocycles. The van der Waals surface area contributed by atoms with Gasteiger partial charge in [0.25, 0.3) is 0 Å². The highest BCUT2D eigenvalue weighted by Crippen LogP contribution is 2.44. The zero-order valence-electron chi connectivity index (χ0n) is 12.6. The number of methoxy groups -OCH3 is 1. The summed E-state index contributed by atoms with van der Waals surface area (Å²) in [6, 6.07) is 4.05. The predicted molar refractivity (Wildman–Crippen MR) is 78.2 cm³/mol. The molecule has 0 spiro atoms. The Bertz CT molecular complexity index is 443. The first-order valence-corrected chi connectivity index (χ1v) is 7.31. The van der Waals surface area contributed by atoms with Gasteiger partial charge in [0.05, 0.1) is 18.1 Å². The van der Waals surface area contributed by atoms with Crippen LogP contribution in [0.25, 0.3) is 0 Å². The van der Waals surface area contributed by atoms with E-state index in [2.05, 4.69) is 11.9 Å². The maximum atomic E-state index is 12.8. The van der Waals surface area contributed by atoms with Crippen molar-refractivity contribution in [3.05, 3.63) is 30.1 Å². The maximum Gasteiger partial charge on any atom is 0.231 e. The van der Waals surface area contributed by atoms with Crippen LogP contribution >= 0.6 is 0 Å². The monoisotopic (exact) mass is 276 g/mol. The first-order chi connectivity index (χ1) is 9.64. The Morgan fingerprint density at radius 1 is 1.55 bits per heavy atom. The van der Waals surface area contributed by atoms with E-state index in [0.717, 1.165) is 31.2 Å². The second-order valence-corrected chi connectivity index (χ2v) is 5.69. The molecule has 110 valence electrons. The number of ether oxygens (including phenoxy) is 1. The largest absolute Gasteiger partial charge is 0.384 e. The minimum atomic E-state index is -0.293. The lowest BCUT2D eigenvalue weighted by molar-refractivity contribution is -0.153. The Morgan fingerprint density at radius 2 is 2.30 bits per heavy atom. The number of carbonyl (C=O) groups excluding carboxylic acids is 1. The van der Waals surface area contributed by atoms with Crippen molar-refractivity contribution in [2.75, 3.05) is 20.8 Å². The summed E-state index contributed by atoms with van der Waals surface area (Å²) in [6.07, 6.45) is 7.49. The molecule has 0 unspecified atom stereocenters. The standard InChI is InChI=1S/C16H24N2O2/c1-4-14(13-7-5-10-17-11-13)18(2)15(19)16(12-20-3)8-6-9-16/h5,7,10-11,14H,4,6,8-9,12H2,1-3H3/t14-/m0/s1. The lowest BCUT2D eigenvalue weighted by atomic mass is 9.68. The van der Waals surface area contributed by atoms with E-state index in [1.807, 2.05) is 30.3 Å². The van der Waals surface area contributed by atoms with E-state index in [9.17, 15) is 4.79 Å². The number of carbonyl (C=O) groups is 1. The molecule has 1 aromatic rings. The van der Waals surface area contributed by atoms with Crippen LogP contribution in [0, 0.1) is 5.41 Å². The molecule has 1 aliphatic carbocycles. The fourth-order valence-electron chi connectivity index (χ4n) is 3.12. The number of rotatable bonds is 6. The van der Waals surface area contributed by atoms with Gasteiger partial charge in [0.2, 0.25) is 5.91 Å². The van der Waals surface area contributed by atoms with E-state index in [1.54, 1.807) is 13.3 Å². The van der Waals surface area contributed by atoms with Crippen molar-refractivity contribution in [3.8, 4) is 0 Å². The first-order valence-electron chi connectivity index (χ1n) is 7.31. The average molecular weight is 276 g/mol. The summed E-state index contributed by atoms with van der Waals surface area (Å²) in [7, 11) is 3.57. The van der Waals surface area contributed by atoms with Gasteiger partial charge in [0.1, 0.15) is 0 Å². The van der Waals surface area contributed by atoms with Crippen molar-refractivity contribution in [3.63, 3.8) is 0 Å². The van der Waals surface area contributed by atoms with Crippen LogP contribution in [0.2, 0.25) is 0 Å². The number of hydrogen-bond acceptors (Lipinski definition) is 3. The van der Waals surface area contributed by atoms with Crippen molar-refractivity contribution in [2.24, 2.45) is 5.41 Å². The molecule has 0 radical (unpaired) electrons. The van der Waals surface area contributed by atoms with Crippen molar-refractivity contribution < 1.29 is 9.53 Å². The van der Waals surface area contributed by atoms with Gasteiger partial charge in [-0.05, 0) is 30.9 Å². The Hall–Kier alpha value is -1.42. The molecule has 0 N–H and O–H groups in total. The predicted octanol–water partition coefficient (Wildman–Crippen LogP) is 2.81. The normalized spacial score (nSPS) is 18.1. The molecular weight excluding hydrogens is 252 g/mol. The summed E-state index contributed by atoms with van der Waals surface area (Å²) >= 11 is 0. The number of amides is 1. The second kappa shape index (κ2) is 6.35. The third kappa shape index (κ3) is 2.70. The van der Waals surface area contributed by atoms with E-state index in [-0.39, 0.29) is 17.4 Å². The summed E-state index contributed by atoms with van der Waals surface area (Å²) in [4.78, 5) is 18.9. The van der Waals surface area contributed by atoms with Gasteiger partial charge in [-0.2, -0.15) is 0 Å². The smallest absolute Gasteiger partial charge is 0.231 e. The van der Waals surface area contributed by atoms with Crippen molar-refractivity contribution in [2.45, 2.75) is 38.6 Å². The van der Waals surface area contributed by atoms with Crippen LogP contribution in [0.5, 0.6) is 0 Å². The molecule has 20 heavy (non-hydrogen) atoms. The molecular formula is C16H24N2O2. The molecule has 0 aliphatic heterocycles. The number of hydrogen-bond donors (Lipinski definition) is 0. The first kappa shape index (κ1) is 15.0. The topological polar surface area (TPSA) is 42.4 Å². The van der Waals surface area contributed by atoms with Gasteiger partial charge in [-0.1, -0.05) is 19.4 Å². The minimum absolute atomic E-state index is 0.0885. The lowest BCUT2D eigenvalue weighted by Gasteiger charge is -2.44. The molecule has 1 aliphatic rings. The summed E-state index contributed by atoms with van der Waals surface area (Å²) in [5.41, 5.74) is 0.803. The molecule has 4 heteroatoms. The fraction of sp³-hybridized carbons (Fsp3) is 0.625. The lowest BCUT2D eigenvalue weighted by Crippen LogP contribution is -2.50. The van der Waals surface area contributed by atoms with Crippen LogP contribution in [-0.2, 0) is 9.53 Å². The highest BCUT2D eigenvalue weighted by Gasteiger charge is 2.46. The zero-order valence-corrected chi connectivity index (χ0v) is 12.6. The molecule has 1 heterocycles. The number of aromatic nitrogens is 1. The van der Waals surface area contributed by atoms with E-state index < -0.39 is 0 Å². The second-order valence-electron chi connectivity index (χ2n) is 5.69. The molecule has 1 fully saturated rings. The van der Waals surface area contributed by atoms with Crippen molar-refractivity contribution >= 4 is 5.91 Å². The van der Waals surface area contributed by atoms with Crippen LogP contribution in [-0.4, -0.2) is 36.6 Å². The molecule has 1 saturated carbocycles. The van der Waals surface area contributed by atoms with E-state index in [4.69, 9.17) is 4.74 Å². The Morgan fingerprint density at radius 3 is 2.75 bits per heavy atom. The Balaban J connectivity index is 2.16. The van der Waals surface area contributed by atoms with Gasteiger partial charge >= 0.3 is 0 Å². The summed E-state index contributed by atoms with van der Waals surface area (Å²) in [5.74, 6) is 0.210. The summed E-state index contributed by atoms with van der Waals surface area (Å²) < 4.78 is 5.28. The van der Waals surface area contributed by atoms with Crippen LogP contribution in [0.3, 0.4) is 0 Å². The van der Waals surface area contributed by atoms with Crippen molar-refractivity contribution in [1.29, 1.82) is 0 Å². The van der Waals surface area contributed by atoms with E-state index in [0.29, 0.717) is 6.61 Å². The minimum Gasteiger partial charge on any atom is -0.384 e. The van der Waals surface area contributed by atoms with Gasteiger partial charge in [0.15, 0.2) is 0 Å². The zero-order chi connectivity index (χ0) is 14.6. The summed E-state index contributed by atoms with van der Waals surface area (Å²) in [6.45, 7) is 2.63. The highest BCUT2D eigenvalue weighted by atomic mass is 16.5. The molecule has 0 saturated heterocycles. The van der Waals surface area contributed by atoms with Gasteiger partial charge in [-0.3, -0.25) is 9.78 Å². The van der Waals surface area contributed by atoms with Gasteiger partial charge in [-0.15, -0.1) is 0 Å². The molecule has 4 nitrogen and oxygen atoms in total. The quantitative estimate of drug-likeness (QED) is 0.802. The van der Waals surface area contributed by atoms with Crippen molar-refractivity contribution in [1.82, 2.24) is 9.88 Å². The number of nitrogens with zero attached hydrogens (tertiary/aromatic N) is 2. The van der Waals surface area contributed by atoms with Crippen LogP contribution in [0.1, 0.15) is 44.2 Å². The van der Waals surface area contributed by atoms with Crippen LogP contribution in [0.4, 0.5) is 0 Å². The van der Waals surface area contributed by atoms with Crippen LogP contribution in [0.15, 0.2) is 24.5 Å². The average Bonchev–Trinajstić information content (AvgIpc) is 2.44. The third-order valence-corrected chi connectivity index (χ3v) is 4.43. The van der Waals surface area contributed by atoms with E-state index >= 15 is 0 Å². The fourth-order valence-corrected chi connectivity index (χ4v) is 3.12. The molecule has 1 atom stereocenters. The SMILES string of the molecule is CC[C@@H](c1cccnc1)N(C)C(=O)C1(COC)CCC1. The van der Waals surface area contributed by atoms with Gasteiger partial charge in [0, 0.05) is 26.6 Å². The van der Waals surface area contributed by atoms with Gasteiger partial charge < -0.3 is 9.64 Å². The number of pyridine rings is 1. The summed E-state index contributed by atoms with van der Waals surface area (Å²) in [5, 5.41) is 0. The van der Waals surface area contributed by atoms with Crippen LogP contribution < -0.4 is 0 Å². The Kier molecular flexibility index (Phi) is 4.76. The third-order valence-electron chi connectivity index (χ3n) is 4.43. The van der Waals surface area contributed by atoms with E-state index in [1.165, 1.54) is 0 Å².